The fourth-order valence-corrected chi connectivity index (χ4v) is 4.15. The summed E-state index contributed by atoms with van der Waals surface area (Å²) in [7, 11) is 0. The van der Waals surface area contributed by atoms with Gasteiger partial charge in [-0.05, 0) is 44.9 Å². The lowest BCUT2D eigenvalue weighted by molar-refractivity contribution is -0.117. The first kappa shape index (κ1) is 17.6. The topological polar surface area (TPSA) is 94.9 Å². The normalized spacial score (nSPS) is 14.4. The molecule has 1 aromatic carbocycles. The van der Waals surface area contributed by atoms with Crippen LogP contribution in [0.4, 0.5) is 5.69 Å². The van der Waals surface area contributed by atoms with Crippen molar-refractivity contribution in [2.24, 2.45) is 0 Å². The molecule has 140 valence electrons. The molecule has 0 unspecified atom stereocenters. The van der Waals surface area contributed by atoms with Crippen molar-refractivity contribution in [1.29, 1.82) is 0 Å². The summed E-state index contributed by atoms with van der Waals surface area (Å²) < 4.78 is 3.03. The molecular weight excluding hydrogens is 362 g/mol. The van der Waals surface area contributed by atoms with Gasteiger partial charge >= 0.3 is 0 Å². The third-order valence-electron chi connectivity index (χ3n) is 4.63. The van der Waals surface area contributed by atoms with E-state index in [4.69, 9.17) is 5.84 Å². The van der Waals surface area contributed by atoms with Gasteiger partial charge in [0.05, 0.1) is 10.9 Å². The highest BCUT2D eigenvalue weighted by Gasteiger charge is 2.29. The summed E-state index contributed by atoms with van der Waals surface area (Å²) in [5.74, 6) is 6.64. The highest BCUT2D eigenvalue weighted by molar-refractivity contribution is 8.00. The van der Waals surface area contributed by atoms with Gasteiger partial charge in [-0.25, -0.2) is 9.36 Å². The van der Waals surface area contributed by atoms with E-state index in [9.17, 15) is 4.79 Å². The summed E-state index contributed by atoms with van der Waals surface area (Å²) in [6.45, 7) is 6.41. The number of fused-ring (bicyclic) bond motifs is 1. The molecule has 1 aliphatic heterocycles. The Labute approximate surface area is 161 Å². The maximum Gasteiger partial charge on any atom is 0.271 e. The predicted molar refractivity (Wildman–Crippen MR) is 105 cm³/mol. The molecule has 1 amide bonds. The van der Waals surface area contributed by atoms with Crippen LogP contribution in [-0.4, -0.2) is 42.4 Å². The number of carbonyl (C=O) groups is 1. The summed E-state index contributed by atoms with van der Waals surface area (Å²) in [6.07, 6.45) is 0.883. The number of amides is 1. The van der Waals surface area contributed by atoms with Gasteiger partial charge in [0.15, 0.2) is 0 Å². The van der Waals surface area contributed by atoms with Crippen molar-refractivity contribution in [3.05, 3.63) is 47.3 Å². The standard InChI is InChI=1S/C18H21N7OS/c1-11-10-12(2)25(22-11)17-20-21-18(24(17)19)27-13(3)16(26)23-9-8-14-6-4-5-7-15(14)23/h4-7,10,13H,8-9,19H2,1-3H3/t13-/m0/s1. The average Bonchev–Trinajstić information content (AvgIpc) is 3.32. The molecule has 0 bridgehead atoms. The summed E-state index contributed by atoms with van der Waals surface area (Å²) in [5, 5.41) is 12.8. The molecule has 0 fully saturated rings. The Hall–Kier alpha value is -2.81. The minimum Gasteiger partial charge on any atom is -0.334 e. The van der Waals surface area contributed by atoms with E-state index in [0.717, 1.165) is 23.5 Å². The van der Waals surface area contributed by atoms with Crippen LogP contribution in [0.1, 0.15) is 23.9 Å². The Morgan fingerprint density at radius 1 is 1.26 bits per heavy atom. The zero-order chi connectivity index (χ0) is 19.1. The molecule has 0 saturated carbocycles. The molecule has 1 aliphatic rings. The van der Waals surface area contributed by atoms with Gasteiger partial charge in [0.25, 0.3) is 5.95 Å². The zero-order valence-corrected chi connectivity index (χ0v) is 16.3. The number of nitrogen functional groups attached to an aromatic ring is 1. The molecule has 3 heterocycles. The Bertz CT molecular complexity index is 1010. The number of hydrogen-bond donors (Lipinski definition) is 1. The number of nitrogens with zero attached hydrogens (tertiary/aromatic N) is 6. The Morgan fingerprint density at radius 2 is 2.04 bits per heavy atom. The van der Waals surface area contributed by atoms with Gasteiger partial charge in [0, 0.05) is 17.9 Å². The molecule has 8 nitrogen and oxygen atoms in total. The second-order valence-corrected chi connectivity index (χ2v) is 7.93. The molecule has 9 heteroatoms. The van der Waals surface area contributed by atoms with Crippen LogP contribution < -0.4 is 10.7 Å². The van der Waals surface area contributed by atoms with E-state index in [1.165, 1.54) is 22.0 Å². The number of hydrogen-bond acceptors (Lipinski definition) is 6. The van der Waals surface area contributed by atoms with Crippen LogP contribution in [0.3, 0.4) is 0 Å². The molecule has 1 atom stereocenters. The fourth-order valence-electron chi connectivity index (χ4n) is 3.32. The van der Waals surface area contributed by atoms with Gasteiger partial charge in [0.2, 0.25) is 11.1 Å². The van der Waals surface area contributed by atoms with Gasteiger partial charge in [-0.15, -0.1) is 10.2 Å². The van der Waals surface area contributed by atoms with Crippen molar-refractivity contribution < 1.29 is 4.79 Å². The van der Waals surface area contributed by atoms with Gasteiger partial charge in [-0.3, -0.25) is 4.79 Å². The summed E-state index contributed by atoms with van der Waals surface area (Å²) in [5.41, 5.74) is 3.99. The number of aryl methyl sites for hydroxylation is 2. The molecule has 0 aliphatic carbocycles. The maximum absolute atomic E-state index is 12.9. The highest BCUT2D eigenvalue weighted by atomic mass is 32.2. The zero-order valence-electron chi connectivity index (χ0n) is 15.5. The molecule has 0 saturated heterocycles. The first-order valence-corrected chi connectivity index (χ1v) is 9.63. The van der Waals surface area contributed by atoms with Crippen LogP contribution in [-0.2, 0) is 11.2 Å². The lowest BCUT2D eigenvalue weighted by atomic mass is 10.2. The first-order chi connectivity index (χ1) is 13.0. The smallest absolute Gasteiger partial charge is 0.271 e. The molecule has 0 radical (unpaired) electrons. The predicted octanol–water partition coefficient (Wildman–Crippen LogP) is 1.86. The number of anilines is 1. The first-order valence-electron chi connectivity index (χ1n) is 8.76. The van der Waals surface area contributed by atoms with Gasteiger partial charge in [-0.1, -0.05) is 30.0 Å². The van der Waals surface area contributed by atoms with Gasteiger partial charge in [-0.2, -0.15) is 5.10 Å². The van der Waals surface area contributed by atoms with E-state index in [1.54, 1.807) is 4.68 Å². The van der Waals surface area contributed by atoms with Gasteiger partial charge < -0.3 is 10.7 Å². The van der Waals surface area contributed by atoms with E-state index in [-0.39, 0.29) is 11.2 Å². The molecule has 4 rings (SSSR count). The lowest BCUT2D eigenvalue weighted by Gasteiger charge is -2.21. The van der Waals surface area contributed by atoms with Crippen molar-refractivity contribution in [3.8, 4) is 5.95 Å². The number of aromatic nitrogens is 5. The molecule has 2 N–H and O–H groups in total. The molecular formula is C18H21N7OS. The summed E-state index contributed by atoms with van der Waals surface area (Å²) in [6, 6.07) is 9.96. The summed E-state index contributed by atoms with van der Waals surface area (Å²) in [4.78, 5) is 14.8. The molecule has 0 spiro atoms. The average molecular weight is 383 g/mol. The van der Waals surface area contributed by atoms with Crippen molar-refractivity contribution >= 4 is 23.4 Å². The van der Waals surface area contributed by atoms with Crippen molar-refractivity contribution in [2.75, 3.05) is 17.3 Å². The fraction of sp³-hybridized carbons (Fsp3) is 0.333. The van der Waals surface area contributed by atoms with Crippen LogP contribution in [0.5, 0.6) is 0 Å². The van der Waals surface area contributed by atoms with E-state index in [0.29, 0.717) is 17.6 Å². The lowest BCUT2D eigenvalue weighted by Crippen LogP contribution is -2.35. The van der Waals surface area contributed by atoms with E-state index < -0.39 is 0 Å². The monoisotopic (exact) mass is 383 g/mol. The Balaban J connectivity index is 1.53. The number of rotatable bonds is 4. The molecule has 27 heavy (non-hydrogen) atoms. The SMILES string of the molecule is Cc1cc(C)n(-c2nnc(S[C@@H](C)C(=O)N3CCc4ccccc43)n2N)n1. The Kier molecular flexibility index (Phi) is 4.39. The van der Waals surface area contributed by atoms with Crippen LogP contribution in [0, 0.1) is 13.8 Å². The number of thioether (sulfide) groups is 1. The number of para-hydroxylation sites is 1. The third kappa shape index (κ3) is 3.08. The number of benzene rings is 1. The van der Waals surface area contributed by atoms with Crippen LogP contribution in [0.15, 0.2) is 35.5 Å². The van der Waals surface area contributed by atoms with E-state index >= 15 is 0 Å². The highest BCUT2D eigenvalue weighted by Crippen LogP contribution is 2.31. The van der Waals surface area contributed by atoms with Crippen LogP contribution >= 0.6 is 11.8 Å². The molecule has 3 aromatic rings. The van der Waals surface area contributed by atoms with Crippen molar-refractivity contribution in [3.63, 3.8) is 0 Å². The van der Waals surface area contributed by atoms with Crippen LogP contribution in [0.2, 0.25) is 0 Å². The van der Waals surface area contributed by atoms with E-state index in [1.807, 2.05) is 49.9 Å². The minimum atomic E-state index is -0.337. The van der Waals surface area contributed by atoms with Gasteiger partial charge in [0.1, 0.15) is 0 Å². The third-order valence-corrected chi connectivity index (χ3v) is 5.67. The van der Waals surface area contributed by atoms with Crippen molar-refractivity contribution in [1.82, 2.24) is 24.7 Å². The number of carbonyl (C=O) groups excluding carboxylic acids is 1. The second kappa shape index (κ2) is 6.73. The molecule has 2 aromatic heterocycles. The van der Waals surface area contributed by atoms with E-state index in [2.05, 4.69) is 21.4 Å². The summed E-state index contributed by atoms with van der Waals surface area (Å²) >= 11 is 1.30. The second-order valence-electron chi connectivity index (χ2n) is 6.62. The quantitative estimate of drug-likeness (QED) is 0.546. The maximum atomic E-state index is 12.9. The Morgan fingerprint density at radius 3 is 2.78 bits per heavy atom. The van der Waals surface area contributed by atoms with Crippen LogP contribution in [0.25, 0.3) is 5.95 Å². The van der Waals surface area contributed by atoms with Crippen molar-refractivity contribution in [2.45, 2.75) is 37.6 Å². The minimum absolute atomic E-state index is 0.0422. The number of nitrogens with two attached hydrogens (primary N) is 1. The largest absolute Gasteiger partial charge is 0.334 e.